The molecular weight excluding hydrogens is 280 g/mol. The molecule has 2 unspecified atom stereocenters. The van der Waals surface area contributed by atoms with Crippen LogP contribution in [0, 0.1) is 5.92 Å². The predicted octanol–water partition coefficient (Wildman–Crippen LogP) is 3.93. The van der Waals surface area contributed by atoms with Crippen LogP contribution >= 0.6 is 11.3 Å². The number of nitrogens with zero attached hydrogens (tertiary/aromatic N) is 1. The van der Waals surface area contributed by atoms with Crippen molar-refractivity contribution >= 4 is 17.2 Å². The van der Waals surface area contributed by atoms with Gasteiger partial charge in [0.15, 0.2) is 0 Å². The fraction of sp³-hybridized carbons (Fsp3) is 0.706. The average Bonchev–Trinajstić information content (AvgIpc) is 3.21. The molecule has 1 amide bonds. The minimum absolute atomic E-state index is 0.00128. The summed E-state index contributed by atoms with van der Waals surface area (Å²) in [5, 5.41) is 7.76. The fourth-order valence-corrected chi connectivity index (χ4v) is 4.45. The molecule has 1 saturated heterocycles. The lowest BCUT2D eigenvalue weighted by Gasteiger charge is -2.24. The van der Waals surface area contributed by atoms with Crippen molar-refractivity contribution in [2.45, 2.75) is 64.1 Å². The molecule has 1 aliphatic heterocycles. The summed E-state index contributed by atoms with van der Waals surface area (Å²) in [7, 11) is 0. The van der Waals surface area contributed by atoms with Gasteiger partial charge in [0.2, 0.25) is 5.91 Å². The molecule has 4 heteroatoms. The number of nitrogens with one attached hydrogen (secondary N) is 1. The highest BCUT2D eigenvalue weighted by Gasteiger charge is 2.38. The molecule has 0 bridgehead atoms. The van der Waals surface area contributed by atoms with Crippen LogP contribution < -0.4 is 5.32 Å². The third-order valence-corrected chi connectivity index (χ3v) is 5.71. The van der Waals surface area contributed by atoms with Gasteiger partial charge in [-0.25, -0.2) is 0 Å². The smallest absolute Gasteiger partial charge is 0.241 e. The van der Waals surface area contributed by atoms with Crippen LogP contribution in [-0.4, -0.2) is 23.4 Å². The second-order valence-electron chi connectivity index (χ2n) is 6.41. The molecule has 3 nitrogen and oxygen atoms in total. The van der Waals surface area contributed by atoms with E-state index in [-0.39, 0.29) is 12.2 Å². The number of thiophene rings is 1. The quantitative estimate of drug-likeness (QED) is 0.863. The van der Waals surface area contributed by atoms with Crippen LogP contribution in [0.1, 0.15) is 63.6 Å². The van der Waals surface area contributed by atoms with E-state index in [0.29, 0.717) is 5.91 Å². The Labute approximate surface area is 131 Å². The maximum atomic E-state index is 12.5. The monoisotopic (exact) mass is 306 g/mol. The number of carbonyl (C=O) groups excluding carboxylic acids is 1. The molecule has 1 aromatic heterocycles. The van der Waals surface area contributed by atoms with Crippen molar-refractivity contribution in [3.63, 3.8) is 0 Å². The lowest BCUT2D eigenvalue weighted by atomic mass is 10.0. The molecule has 0 spiro atoms. The summed E-state index contributed by atoms with van der Waals surface area (Å²) in [6, 6.07) is 2.14. The van der Waals surface area contributed by atoms with E-state index in [4.69, 9.17) is 0 Å². The molecule has 1 N–H and O–H groups in total. The van der Waals surface area contributed by atoms with Crippen molar-refractivity contribution < 1.29 is 4.79 Å². The molecule has 2 atom stereocenters. The van der Waals surface area contributed by atoms with Gasteiger partial charge in [-0.05, 0) is 47.6 Å². The molecule has 2 fully saturated rings. The molecular formula is C17H26N2OS. The van der Waals surface area contributed by atoms with Crippen LogP contribution in [0.15, 0.2) is 16.8 Å². The van der Waals surface area contributed by atoms with Gasteiger partial charge in [-0.15, -0.1) is 0 Å². The van der Waals surface area contributed by atoms with E-state index in [2.05, 4.69) is 34.0 Å². The van der Waals surface area contributed by atoms with Crippen LogP contribution in [-0.2, 0) is 4.79 Å². The lowest BCUT2D eigenvalue weighted by Crippen LogP contribution is -2.32. The van der Waals surface area contributed by atoms with Crippen molar-refractivity contribution in [3.8, 4) is 0 Å². The van der Waals surface area contributed by atoms with Crippen molar-refractivity contribution in [1.29, 1.82) is 0 Å². The molecule has 0 radical (unpaired) electrons. The van der Waals surface area contributed by atoms with Crippen molar-refractivity contribution in [2.24, 2.45) is 5.92 Å². The highest BCUT2D eigenvalue weighted by atomic mass is 32.1. The van der Waals surface area contributed by atoms with Gasteiger partial charge in [0.05, 0.1) is 6.04 Å². The highest BCUT2D eigenvalue weighted by molar-refractivity contribution is 7.07. The predicted molar refractivity (Wildman–Crippen MR) is 87.2 cm³/mol. The van der Waals surface area contributed by atoms with Gasteiger partial charge >= 0.3 is 0 Å². The summed E-state index contributed by atoms with van der Waals surface area (Å²) >= 11 is 1.70. The van der Waals surface area contributed by atoms with E-state index in [1.165, 1.54) is 37.7 Å². The molecule has 116 valence electrons. The molecule has 0 aromatic carbocycles. The van der Waals surface area contributed by atoms with Gasteiger partial charge in [0.25, 0.3) is 0 Å². The maximum Gasteiger partial charge on any atom is 0.241 e. The van der Waals surface area contributed by atoms with Crippen LogP contribution in [0.3, 0.4) is 0 Å². The molecule has 1 aliphatic carbocycles. The first-order valence-corrected chi connectivity index (χ1v) is 9.32. The zero-order valence-electron chi connectivity index (χ0n) is 12.9. The first-order chi connectivity index (χ1) is 10.3. The van der Waals surface area contributed by atoms with Crippen LogP contribution in [0.2, 0.25) is 0 Å². The minimum Gasteiger partial charge on any atom is -0.322 e. The zero-order chi connectivity index (χ0) is 14.7. The Hall–Kier alpha value is -0.870. The Morgan fingerprint density at radius 1 is 1.38 bits per heavy atom. The van der Waals surface area contributed by atoms with Gasteiger partial charge < -0.3 is 4.90 Å². The SMILES string of the molecule is CCC1NC(c2ccsc2)N(CCCC2CCCC2)C1=O. The molecule has 3 rings (SSSR count). The third kappa shape index (κ3) is 3.32. The van der Waals surface area contributed by atoms with E-state index < -0.39 is 0 Å². The van der Waals surface area contributed by atoms with Crippen LogP contribution in [0.5, 0.6) is 0 Å². The summed E-state index contributed by atoms with van der Waals surface area (Å²) in [6.07, 6.45) is 9.02. The van der Waals surface area contributed by atoms with E-state index in [9.17, 15) is 4.79 Å². The Morgan fingerprint density at radius 3 is 2.86 bits per heavy atom. The summed E-state index contributed by atoms with van der Waals surface area (Å²) in [4.78, 5) is 14.6. The normalized spacial score (nSPS) is 26.9. The third-order valence-electron chi connectivity index (χ3n) is 5.01. The largest absolute Gasteiger partial charge is 0.322 e. The topological polar surface area (TPSA) is 32.3 Å². The molecule has 2 aliphatic rings. The average molecular weight is 306 g/mol. The van der Waals surface area contributed by atoms with Gasteiger partial charge in [-0.3, -0.25) is 10.1 Å². The van der Waals surface area contributed by atoms with Gasteiger partial charge in [0, 0.05) is 6.54 Å². The molecule has 1 saturated carbocycles. The summed E-state index contributed by atoms with van der Waals surface area (Å²) < 4.78 is 0. The van der Waals surface area contributed by atoms with Crippen molar-refractivity contribution in [3.05, 3.63) is 22.4 Å². The molecule has 2 heterocycles. The minimum atomic E-state index is 0.00128. The van der Waals surface area contributed by atoms with E-state index in [1.54, 1.807) is 11.3 Å². The van der Waals surface area contributed by atoms with Gasteiger partial charge in [0.1, 0.15) is 6.17 Å². The fourth-order valence-electron chi connectivity index (χ4n) is 3.77. The Balaban J connectivity index is 1.60. The highest BCUT2D eigenvalue weighted by Crippen LogP contribution is 2.31. The number of hydrogen-bond acceptors (Lipinski definition) is 3. The summed E-state index contributed by atoms with van der Waals surface area (Å²) in [5.74, 6) is 1.21. The number of rotatable bonds is 6. The number of carbonyl (C=O) groups is 1. The van der Waals surface area contributed by atoms with E-state index in [0.717, 1.165) is 25.3 Å². The first kappa shape index (κ1) is 15.0. The Kier molecular flexibility index (Phi) is 4.96. The maximum absolute atomic E-state index is 12.5. The Morgan fingerprint density at radius 2 is 2.19 bits per heavy atom. The van der Waals surface area contributed by atoms with Gasteiger partial charge in [-0.1, -0.05) is 32.6 Å². The number of amides is 1. The second kappa shape index (κ2) is 6.93. The van der Waals surface area contributed by atoms with Crippen LogP contribution in [0.25, 0.3) is 0 Å². The number of hydrogen-bond donors (Lipinski definition) is 1. The molecule has 1 aromatic rings. The van der Waals surface area contributed by atoms with Crippen molar-refractivity contribution in [1.82, 2.24) is 10.2 Å². The summed E-state index contributed by atoms with van der Waals surface area (Å²) in [6.45, 7) is 2.99. The second-order valence-corrected chi connectivity index (χ2v) is 7.19. The Bertz CT molecular complexity index is 453. The van der Waals surface area contributed by atoms with E-state index >= 15 is 0 Å². The zero-order valence-corrected chi connectivity index (χ0v) is 13.7. The van der Waals surface area contributed by atoms with Crippen molar-refractivity contribution in [2.75, 3.05) is 6.54 Å². The van der Waals surface area contributed by atoms with E-state index in [1.807, 2.05) is 0 Å². The first-order valence-electron chi connectivity index (χ1n) is 8.38. The lowest BCUT2D eigenvalue weighted by molar-refractivity contribution is -0.130. The van der Waals surface area contributed by atoms with Crippen LogP contribution in [0.4, 0.5) is 0 Å². The van der Waals surface area contributed by atoms with Gasteiger partial charge in [-0.2, -0.15) is 11.3 Å². The molecule has 21 heavy (non-hydrogen) atoms. The standard InChI is InChI=1S/C17H26N2OS/c1-2-15-17(20)19(10-5-8-13-6-3-4-7-13)16(18-15)14-9-11-21-12-14/h9,11-13,15-16,18H,2-8,10H2,1H3. The summed E-state index contributed by atoms with van der Waals surface area (Å²) in [5.41, 5.74) is 1.24.